The molecule has 1 fully saturated rings. The van der Waals surface area contributed by atoms with Gasteiger partial charge < -0.3 is 24.8 Å². The van der Waals surface area contributed by atoms with Crippen LogP contribution in [-0.4, -0.2) is 30.4 Å². The Bertz CT molecular complexity index is 1110. The SMILES string of the molecule is COc1ccc(B2OC(C)(C)C(C)(C)O2)cc1-c1c(C#N)c(N)[nH]c(=O)c1C#N. The van der Waals surface area contributed by atoms with Crippen LogP contribution in [0.4, 0.5) is 5.82 Å². The maximum absolute atomic E-state index is 12.3. The van der Waals surface area contributed by atoms with Crippen molar-refractivity contribution in [2.24, 2.45) is 0 Å². The molecule has 1 aliphatic rings. The van der Waals surface area contributed by atoms with Crippen molar-refractivity contribution in [2.45, 2.75) is 38.9 Å². The molecule has 3 N–H and O–H groups in total. The average molecular weight is 392 g/mol. The Hall–Kier alpha value is -3.27. The van der Waals surface area contributed by atoms with E-state index < -0.39 is 23.9 Å². The van der Waals surface area contributed by atoms with E-state index in [2.05, 4.69) is 4.98 Å². The number of nitrogens with one attached hydrogen (secondary N) is 1. The Morgan fingerprint density at radius 3 is 2.21 bits per heavy atom. The molecule has 8 nitrogen and oxygen atoms in total. The van der Waals surface area contributed by atoms with Gasteiger partial charge in [0, 0.05) is 11.1 Å². The molecule has 0 bridgehead atoms. The minimum absolute atomic E-state index is 0.00878. The van der Waals surface area contributed by atoms with Gasteiger partial charge in [-0.2, -0.15) is 10.5 Å². The maximum Gasteiger partial charge on any atom is 0.494 e. The van der Waals surface area contributed by atoms with Crippen LogP contribution in [0.3, 0.4) is 0 Å². The first-order valence-corrected chi connectivity index (χ1v) is 8.96. The van der Waals surface area contributed by atoms with Gasteiger partial charge in [0.15, 0.2) is 0 Å². The van der Waals surface area contributed by atoms with Crippen LogP contribution in [0.25, 0.3) is 11.1 Å². The molecule has 2 aromatic rings. The summed E-state index contributed by atoms with van der Waals surface area (Å²) in [6.45, 7) is 7.76. The minimum Gasteiger partial charge on any atom is -0.496 e. The number of methoxy groups -OCH3 is 1. The number of ether oxygens (including phenoxy) is 1. The molecule has 29 heavy (non-hydrogen) atoms. The monoisotopic (exact) mass is 392 g/mol. The van der Waals surface area contributed by atoms with Crippen LogP contribution < -0.4 is 21.5 Å². The zero-order valence-electron chi connectivity index (χ0n) is 16.9. The summed E-state index contributed by atoms with van der Waals surface area (Å²) in [5.74, 6) is 0.262. The Labute approximate surface area is 169 Å². The van der Waals surface area contributed by atoms with Crippen LogP contribution in [0, 0.1) is 22.7 Å². The second-order valence-electron chi connectivity index (χ2n) is 7.76. The van der Waals surface area contributed by atoms with Crippen molar-refractivity contribution >= 4 is 18.4 Å². The number of H-pyrrole nitrogens is 1. The molecular weight excluding hydrogens is 371 g/mol. The number of nitrogens with zero attached hydrogens (tertiary/aromatic N) is 2. The third-order valence-electron chi connectivity index (χ3n) is 5.49. The molecule has 0 amide bonds. The molecule has 2 heterocycles. The van der Waals surface area contributed by atoms with E-state index in [-0.39, 0.29) is 22.5 Å². The van der Waals surface area contributed by atoms with Crippen molar-refractivity contribution in [2.75, 3.05) is 12.8 Å². The van der Waals surface area contributed by atoms with E-state index in [0.29, 0.717) is 16.8 Å². The van der Waals surface area contributed by atoms with Crippen molar-refractivity contribution in [3.05, 3.63) is 39.7 Å². The minimum atomic E-state index is -0.679. The lowest BCUT2D eigenvalue weighted by Gasteiger charge is -2.32. The first-order valence-electron chi connectivity index (χ1n) is 8.96. The normalized spacial score (nSPS) is 16.9. The number of aromatic amines is 1. The maximum atomic E-state index is 12.3. The molecule has 1 aliphatic heterocycles. The number of nitriles is 2. The van der Waals surface area contributed by atoms with Crippen molar-refractivity contribution in [1.29, 1.82) is 10.5 Å². The summed E-state index contributed by atoms with van der Waals surface area (Å²) >= 11 is 0. The lowest BCUT2D eigenvalue weighted by atomic mass is 9.77. The smallest absolute Gasteiger partial charge is 0.494 e. The summed E-state index contributed by atoms with van der Waals surface area (Å²) in [5.41, 5.74) is 5.01. The van der Waals surface area contributed by atoms with E-state index in [1.807, 2.05) is 39.8 Å². The van der Waals surface area contributed by atoms with Gasteiger partial charge in [-0.3, -0.25) is 4.79 Å². The highest BCUT2D eigenvalue weighted by Crippen LogP contribution is 2.38. The zero-order valence-corrected chi connectivity index (χ0v) is 16.9. The number of benzene rings is 1. The van der Waals surface area contributed by atoms with Crippen molar-refractivity contribution in [3.63, 3.8) is 0 Å². The molecular formula is C20H21BN4O4. The van der Waals surface area contributed by atoms with Gasteiger partial charge in [0.25, 0.3) is 5.56 Å². The summed E-state index contributed by atoms with van der Waals surface area (Å²) in [5, 5.41) is 19.1. The largest absolute Gasteiger partial charge is 0.496 e. The number of rotatable bonds is 3. The summed E-state index contributed by atoms with van der Waals surface area (Å²) in [6, 6.07) is 8.97. The van der Waals surface area contributed by atoms with Gasteiger partial charge in [-0.05, 0) is 39.2 Å². The van der Waals surface area contributed by atoms with Gasteiger partial charge >= 0.3 is 7.12 Å². The number of nitrogens with two attached hydrogens (primary N) is 1. The number of aromatic nitrogens is 1. The number of pyridine rings is 1. The number of hydrogen-bond acceptors (Lipinski definition) is 7. The molecule has 148 valence electrons. The van der Waals surface area contributed by atoms with Gasteiger partial charge in [-0.15, -0.1) is 0 Å². The highest BCUT2D eigenvalue weighted by atomic mass is 16.7. The summed E-state index contributed by atoms with van der Waals surface area (Å²) < 4.78 is 17.6. The second kappa shape index (κ2) is 6.96. The lowest BCUT2D eigenvalue weighted by molar-refractivity contribution is 0.00578. The van der Waals surface area contributed by atoms with Gasteiger partial charge in [0.2, 0.25) is 0 Å². The molecule has 0 spiro atoms. The number of hydrogen-bond donors (Lipinski definition) is 2. The van der Waals surface area contributed by atoms with Crippen molar-refractivity contribution in [1.82, 2.24) is 4.98 Å². The average Bonchev–Trinajstić information content (AvgIpc) is 2.88. The predicted molar refractivity (Wildman–Crippen MR) is 109 cm³/mol. The van der Waals surface area contributed by atoms with E-state index in [1.54, 1.807) is 18.2 Å². The van der Waals surface area contributed by atoms with E-state index >= 15 is 0 Å². The van der Waals surface area contributed by atoms with Crippen LogP contribution in [0.2, 0.25) is 0 Å². The van der Waals surface area contributed by atoms with Crippen LogP contribution in [-0.2, 0) is 9.31 Å². The molecule has 0 saturated carbocycles. The molecule has 1 aromatic carbocycles. The van der Waals surface area contributed by atoms with Gasteiger partial charge in [0.05, 0.1) is 18.3 Å². The number of nitrogen functional groups attached to an aromatic ring is 1. The summed E-state index contributed by atoms with van der Waals surface area (Å²) in [4.78, 5) is 14.6. The summed E-state index contributed by atoms with van der Waals surface area (Å²) in [6.07, 6.45) is 0. The van der Waals surface area contributed by atoms with Crippen LogP contribution in [0.1, 0.15) is 38.8 Å². The summed E-state index contributed by atoms with van der Waals surface area (Å²) in [7, 11) is 0.794. The van der Waals surface area contributed by atoms with E-state index in [0.717, 1.165) is 0 Å². The Morgan fingerprint density at radius 1 is 1.10 bits per heavy atom. The molecule has 0 radical (unpaired) electrons. The molecule has 0 unspecified atom stereocenters. The van der Waals surface area contributed by atoms with Gasteiger partial charge in [0.1, 0.15) is 34.8 Å². The molecule has 1 aromatic heterocycles. The first-order chi connectivity index (χ1) is 13.6. The molecule has 9 heteroatoms. The van der Waals surface area contributed by atoms with Crippen LogP contribution in [0.15, 0.2) is 23.0 Å². The quantitative estimate of drug-likeness (QED) is 0.759. The van der Waals surface area contributed by atoms with Gasteiger partial charge in [-0.1, -0.05) is 12.1 Å². The second-order valence-corrected chi connectivity index (χ2v) is 7.76. The third kappa shape index (κ3) is 3.25. The Morgan fingerprint density at radius 2 is 1.69 bits per heavy atom. The molecule has 1 saturated heterocycles. The topological polar surface area (TPSA) is 134 Å². The molecule has 0 aliphatic carbocycles. The highest BCUT2D eigenvalue weighted by molar-refractivity contribution is 6.62. The standard InChI is InChI=1S/C20H21BN4O4/c1-19(2)20(3,4)29-21(28-19)11-6-7-15(27-5)12(8-11)16-13(9-22)17(24)25-18(26)14(16)10-23/h6-8H,1-5H3,(H3,24,25,26). The van der Waals surface area contributed by atoms with Crippen molar-refractivity contribution in [3.8, 4) is 29.0 Å². The highest BCUT2D eigenvalue weighted by Gasteiger charge is 2.51. The van der Waals surface area contributed by atoms with E-state index in [1.165, 1.54) is 7.11 Å². The van der Waals surface area contributed by atoms with Crippen LogP contribution in [0.5, 0.6) is 5.75 Å². The fraction of sp³-hybridized carbons (Fsp3) is 0.350. The van der Waals surface area contributed by atoms with Crippen molar-refractivity contribution < 1.29 is 14.0 Å². The predicted octanol–water partition coefficient (Wildman–Crippen LogP) is 1.68. The fourth-order valence-electron chi connectivity index (χ4n) is 3.16. The third-order valence-corrected chi connectivity index (χ3v) is 5.49. The first kappa shape index (κ1) is 20.5. The van der Waals surface area contributed by atoms with Gasteiger partial charge in [-0.25, -0.2) is 0 Å². The zero-order chi connectivity index (χ0) is 21.6. The Kier molecular flexibility index (Phi) is 4.91. The lowest BCUT2D eigenvalue weighted by Crippen LogP contribution is -2.41. The number of anilines is 1. The fourth-order valence-corrected chi connectivity index (χ4v) is 3.16. The molecule has 3 rings (SSSR count). The van der Waals surface area contributed by atoms with E-state index in [9.17, 15) is 15.3 Å². The molecule has 0 atom stereocenters. The van der Waals surface area contributed by atoms with E-state index in [4.69, 9.17) is 19.8 Å². The van der Waals surface area contributed by atoms with Crippen LogP contribution >= 0.6 is 0 Å². The Balaban J connectivity index is 2.26.